The van der Waals surface area contributed by atoms with Crippen LogP contribution in [0.2, 0.25) is 0 Å². The molecule has 1 unspecified atom stereocenters. The van der Waals surface area contributed by atoms with Gasteiger partial charge in [0.1, 0.15) is 11.6 Å². The Morgan fingerprint density at radius 3 is 2.65 bits per heavy atom. The predicted octanol–water partition coefficient (Wildman–Crippen LogP) is 4.29. The molecular formula is C19H12F2N2OSU. The Hall–Kier alpha value is -1.65. The largest absolute Gasteiger partial charge is 2.00 e. The van der Waals surface area contributed by atoms with E-state index in [1.807, 2.05) is 5.38 Å². The average Bonchev–Trinajstić information content (AvgIpc) is 3.12. The summed E-state index contributed by atoms with van der Waals surface area (Å²) in [5.74, 6) is -1.69. The van der Waals surface area contributed by atoms with Crippen molar-refractivity contribution in [2.24, 2.45) is 0 Å². The minimum atomic E-state index is -1.28. The predicted molar refractivity (Wildman–Crippen MR) is 93.2 cm³/mol. The summed E-state index contributed by atoms with van der Waals surface area (Å²) in [5, 5.41) is 24.8. The molecule has 3 rings (SSSR count). The van der Waals surface area contributed by atoms with Crippen molar-refractivity contribution in [3.63, 3.8) is 0 Å². The van der Waals surface area contributed by atoms with Crippen molar-refractivity contribution in [3.05, 3.63) is 105 Å². The van der Waals surface area contributed by atoms with Crippen LogP contribution in [0.1, 0.15) is 22.8 Å². The molecule has 7 heteroatoms. The SMILES string of the molecule is [N-]=C(C(=[C-]c1ccsc1)C(O)c1cccnc1)c1ccc(F)cc1F.[U+2]. The van der Waals surface area contributed by atoms with Crippen LogP contribution in [0.3, 0.4) is 0 Å². The molecule has 0 fully saturated rings. The number of aliphatic hydroxyl groups is 1. The van der Waals surface area contributed by atoms with Crippen molar-refractivity contribution in [1.82, 2.24) is 4.98 Å². The molecule has 0 saturated heterocycles. The Bertz CT molecular complexity index is 915. The number of hydrogen-bond acceptors (Lipinski definition) is 3. The maximum atomic E-state index is 14.1. The quantitative estimate of drug-likeness (QED) is 0.355. The molecule has 1 aromatic carbocycles. The number of hydrogen-bond donors (Lipinski definition) is 1. The number of rotatable bonds is 5. The van der Waals surface area contributed by atoms with E-state index in [4.69, 9.17) is 0 Å². The Kier molecular flexibility index (Phi) is 7.42. The molecule has 3 aromatic rings. The fourth-order valence-electron chi connectivity index (χ4n) is 2.28. The van der Waals surface area contributed by atoms with E-state index in [0.29, 0.717) is 17.2 Å². The summed E-state index contributed by atoms with van der Waals surface area (Å²) in [6, 6.07) is 7.83. The minimum Gasteiger partial charge on any atom is -0.854 e. The van der Waals surface area contributed by atoms with Gasteiger partial charge in [0.15, 0.2) is 0 Å². The first-order valence-corrected chi connectivity index (χ1v) is 8.26. The summed E-state index contributed by atoms with van der Waals surface area (Å²) < 4.78 is 27.2. The second-order valence-corrected chi connectivity index (χ2v) is 5.99. The topological polar surface area (TPSA) is 55.4 Å². The molecule has 26 heavy (non-hydrogen) atoms. The maximum absolute atomic E-state index is 14.1. The Labute approximate surface area is 177 Å². The Balaban J connectivity index is 0.00000243. The van der Waals surface area contributed by atoms with E-state index in [1.54, 1.807) is 29.8 Å². The van der Waals surface area contributed by atoms with Gasteiger partial charge in [0, 0.05) is 24.0 Å². The summed E-state index contributed by atoms with van der Waals surface area (Å²) >= 11 is 1.42. The summed E-state index contributed by atoms with van der Waals surface area (Å²) in [6.07, 6.45) is 4.61. The van der Waals surface area contributed by atoms with Crippen LogP contribution in [0.25, 0.3) is 5.41 Å². The zero-order valence-electron chi connectivity index (χ0n) is 13.4. The zero-order chi connectivity index (χ0) is 17.8. The molecule has 2 heterocycles. The van der Waals surface area contributed by atoms with Gasteiger partial charge in [-0.2, -0.15) is 0 Å². The summed E-state index contributed by atoms with van der Waals surface area (Å²) in [6.45, 7) is 0. The molecule has 1 N–H and O–H groups in total. The fourth-order valence-corrected chi connectivity index (χ4v) is 2.87. The summed E-state index contributed by atoms with van der Waals surface area (Å²) in [4.78, 5) is 3.93. The minimum absolute atomic E-state index is 0. The van der Waals surface area contributed by atoms with E-state index < -0.39 is 23.5 Å². The number of aromatic nitrogens is 1. The van der Waals surface area contributed by atoms with Gasteiger partial charge in [-0.3, -0.25) is 4.98 Å². The normalized spacial score (nSPS) is 12.3. The molecule has 0 spiro atoms. The van der Waals surface area contributed by atoms with Gasteiger partial charge in [-0.25, -0.2) is 25.8 Å². The van der Waals surface area contributed by atoms with Crippen LogP contribution in [0.15, 0.2) is 65.1 Å². The maximum Gasteiger partial charge on any atom is 2.00 e. The molecule has 128 valence electrons. The van der Waals surface area contributed by atoms with E-state index in [2.05, 4.69) is 11.1 Å². The second kappa shape index (κ2) is 9.34. The van der Waals surface area contributed by atoms with Crippen LogP contribution < -0.4 is 0 Å². The van der Waals surface area contributed by atoms with Crippen molar-refractivity contribution in [2.75, 3.05) is 0 Å². The molecule has 0 amide bonds. The fraction of sp³-hybridized carbons (Fsp3) is 0.0526. The molecular weight excluding hydrogens is 580 g/mol. The molecule has 0 aliphatic rings. The molecule has 0 aliphatic heterocycles. The first-order chi connectivity index (χ1) is 12.1. The number of halogens is 2. The first kappa shape index (κ1) is 20.7. The number of nitrogens with zero attached hydrogens (tertiary/aromatic N) is 2. The third kappa shape index (κ3) is 4.74. The van der Waals surface area contributed by atoms with E-state index >= 15 is 0 Å². The van der Waals surface area contributed by atoms with Crippen LogP contribution >= 0.6 is 11.3 Å². The third-order valence-electron chi connectivity index (χ3n) is 3.52. The number of thiophene rings is 1. The van der Waals surface area contributed by atoms with Crippen molar-refractivity contribution in [2.45, 2.75) is 6.10 Å². The van der Waals surface area contributed by atoms with Gasteiger partial charge >= 0.3 is 31.1 Å². The van der Waals surface area contributed by atoms with Crippen molar-refractivity contribution in [3.8, 4) is 0 Å². The second-order valence-electron chi connectivity index (χ2n) is 5.21. The Morgan fingerprint density at radius 2 is 2.04 bits per heavy atom. The van der Waals surface area contributed by atoms with Crippen molar-refractivity contribution >= 4 is 17.0 Å². The molecule has 0 bridgehead atoms. The monoisotopic (exact) mass is 592 g/mol. The summed E-state index contributed by atoms with van der Waals surface area (Å²) in [7, 11) is 0. The van der Waals surface area contributed by atoms with Gasteiger partial charge in [0.05, 0.1) is 6.10 Å². The molecule has 2 aromatic heterocycles. The molecule has 0 saturated carbocycles. The van der Waals surface area contributed by atoms with E-state index in [9.17, 15) is 19.3 Å². The van der Waals surface area contributed by atoms with Crippen LogP contribution in [-0.2, 0) is 0 Å². The van der Waals surface area contributed by atoms with E-state index in [0.717, 1.165) is 12.1 Å². The van der Waals surface area contributed by atoms with Gasteiger partial charge in [0.25, 0.3) is 0 Å². The van der Waals surface area contributed by atoms with Crippen LogP contribution in [0, 0.1) is 48.8 Å². The van der Waals surface area contributed by atoms with Crippen LogP contribution in [-0.4, -0.2) is 15.8 Å². The van der Waals surface area contributed by atoms with E-state index in [-0.39, 0.29) is 42.2 Å². The summed E-state index contributed by atoms with van der Waals surface area (Å²) in [5.41, 5.74) is 0.269. The van der Waals surface area contributed by atoms with E-state index in [1.165, 1.54) is 17.5 Å². The Morgan fingerprint density at radius 1 is 1.23 bits per heavy atom. The van der Waals surface area contributed by atoms with Gasteiger partial charge in [-0.1, -0.05) is 22.9 Å². The number of aliphatic hydroxyl groups excluding tert-OH is 1. The molecule has 0 radical (unpaired) electrons. The molecule has 3 nitrogen and oxygen atoms in total. The zero-order valence-corrected chi connectivity index (χ0v) is 18.3. The van der Waals surface area contributed by atoms with Crippen LogP contribution in [0.5, 0.6) is 0 Å². The van der Waals surface area contributed by atoms with Gasteiger partial charge < -0.3 is 10.5 Å². The van der Waals surface area contributed by atoms with Gasteiger partial charge in [-0.15, -0.1) is 23.3 Å². The van der Waals surface area contributed by atoms with Crippen molar-refractivity contribution < 1.29 is 45.0 Å². The first-order valence-electron chi connectivity index (χ1n) is 7.32. The number of benzene rings is 1. The molecule has 1 atom stereocenters. The molecule has 0 aliphatic carbocycles. The van der Waals surface area contributed by atoms with Gasteiger partial charge in [0.2, 0.25) is 0 Å². The van der Waals surface area contributed by atoms with Gasteiger partial charge in [-0.05, 0) is 17.7 Å². The van der Waals surface area contributed by atoms with Crippen LogP contribution in [0.4, 0.5) is 8.78 Å². The van der Waals surface area contributed by atoms with Crippen molar-refractivity contribution in [1.29, 1.82) is 0 Å². The average molecular weight is 592 g/mol. The standard InChI is InChI=1S/C19H12F2N2OS.U/c20-14-3-4-15(17(21)9-14)18(22)16(8-12-5-7-25-11-12)19(24)13-2-1-6-23-10-13;/h1-7,9-11,19,24H;/q-2;+2. The smallest absolute Gasteiger partial charge is 0.854 e. The number of pyridine rings is 1. The third-order valence-corrected chi connectivity index (χ3v) is 4.20.